The van der Waals surface area contributed by atoms with Crippen LogP contribution in [0.4, 0.5) is 0 Å². The molecule has 7 nitrogen and oxygen atoms in total. The zero-order valence-electron chi connectivity index (χ0n) is 15.3. The third-order valence-corrected chi connectivity index (χ3v) is 4.20. The molecule has 27 heavy (non-hydrogen) atoms. The van der Waals surface area contributed by atoms with Gasteiger partial charge in [0.2, 0.25) is 0 Å². The van der Waals surface area contributed by atoms with Crippen LogP contribution in [0.2, 0.25) is 0 Å². The van der Waals surface area contributed by atoms with E-state index >= 15 is 0 Å². The van der Waals surface area contributed by atoms with E-state index in [2.05, 4.69) is 0 Å². The Morgan fingerprint density at radius 1 is 1.19 bits per heavy atom. The first-order valence-electron chi connectivity index (χ1n) is 8.71. The van der Waals surface area contributed by atoms with E-state index in [4.69, 9.17) is 18.6 Å². The van der Waals surface area contributed by atoms with Gasteiger partial charge < -0.3 is 18.6 Å². The van der Waals surface area contributed by atoms with Gasteiger partial charge >= 0.3 is 11.9 Å². The normalized spacial score (nSPS) is 18.6. The molecule has 1 aromatic heterocycles. The lowest BCUT2D eigenvalue weighted by Gasteiger charge is -2.14. The molecule has 0 fully saturated rings. The maximum atomic E-state index is 12.9. The van der Waals surface area contributed by atoms with Crippen molar-refractivity contribution in [2.45, 2.75) is 39.4 Å². The molecular formula is C20H20O7. The zero-order valence-corrected chi connectivity index (χ0v) is 15.3. The predicted molar refractivity (Wildman–Crippen MR) is 96.6 cm³/mol. The van der Waals surface area contributed by atoms with Crippen molar-refractivity contribution < 1.29 is 28.2 Å². The van der Waals surface area contributed by atoms with Crippen LogP contribution < -0.4 is 10.2 Å². The molecule has 2 unspecified atom stereocenters. The molecule has 2 atom stereocenters. The molecule has 1 aromatic carbocycles. The fourth-order valence-corrected chi connectivity index (χ4v) is 2.93. The fraction of sp³-hybridized carbons (Fsp3) is 0.350. The van der Waals surface area contributed by atoms with Gasteiger partial charge in [-0.05, 0) is 31.1 Å². The molecule has 2 aromatic rings. The molecule has 0 bridgehead atoms. The molecule has 0 N–H and O–H groups in total. The maximum Gasteiger partial charge on any atom is 0.339 e. The molecule has 0 aliphatic carbocycles. The molecule has 0 saturated carbocycles. The van der Waals surface area contributed by atoms with Crippen LogP contribution in [0.15, 0.2) is 39.8 Å². The molecule has 3 rings (SSSR count). The molecule has 0 amide bonds. The molecule has 0 saturated heterocycles. The van der Waals surface area contributed by atoms with Crippen molar-refractivity contribution in [3.8, 4) is 5.75 Å². The Labute approximate surface area is 155 Å². The van der Waals surface area contributed by atoms with Crippen LogP contribution in [0.3, 0.4) is 0 Å². The summed E-state index contributed by atoms with van der Waals surface area (Å²) in [6, 6.07) is 3.19. The van der Waals surface area contributed by atoms with Crippen molar-refractivity contribution in [1.82, 2.24) is 0 Å². The Hall–Kier alpha value is -2.93. The van der Waals surface area contributed by atoms with Gasteiger partial charge in [0, 0.05) is 13.0 Å². The standard InChI is InChI=1S/C20H20O7/c1-4-12-8-13-18(9-17(12)26-11(3)21)25-10-14(19(13)22)15-6-7-16(27-15)20(23)24-5-2/h6-10,15-16H,4-5H2,1-3H3. The molecular weight excluding hydrogens is 352 g/mol. The summed E-state index contributed by atoms with van der Waals surface area (Å²) in [5.41, 5.74) is 1.04. The van der Waals surface area contributed by atoms with Gasteiger partial charge in [-0.2, -0.15) is 0 Å². The predicted octanol–water partition coefficient (Wildman–Crippen LogP) is 2.84. The summed E-state index contributed by atoms with van der Waals surface area (Å²) in [6.45, 7) is 5.17. The number of rotatable bonds is 5. The van der Waals surface area contributed by atoms with Crippen molar-refractivity contribution in [2.75, 3.05) is 6.61 Å². The number of carbonyl (C=O) groups excluding carboxylic acids is 2. The molecule has 7 heteroatoms. The Morgan fingerprint density at radius 2 is 1.96 bits per heavy atom. The van der Waals surface area contributed by atoms with Crippen molar-refractivity contribution in [1.29, 1.82) is 0 Å². The van der Waals surface area contributed by atoms with Gasteiger partial charge in [-0.1, -0.05) is 13.0 Å². The van der Waals surface area contributed by atoms with Crippen LogP contribution in [0, 0.1) is 0 Å². The van der Waals surface area contributed by atoms with Crippen molar-refractivity contribution in [2.24, 2.45) is 0 Å². The minimum atomic E-state index is -0.845. The van der Waals surface area contributed by atoms with E-state index in [-0.39, 0.29) is 17.6 Å². The topological polar surface area (TPSA) is 92.0 Å². The first-order valence-corrected chi connectivity index (χ1v) is 8.71. The highest BCUT2D eigenvalue weighted by atomic mass is 16.6. The van der Waals surface area contributed by atoms with Crippen LogP contribution in [0.25, 0.3) is 11.0 Å². The fourth-order valence-electron chi connectivity index (χ4n) is 2.93. The van der Waals surface area contributed by atoms with Gasteiger partial charge in [0.25, 0.3) is 0 Å². The van der Waals surface area contributed by atoms with Crippen molar-refractivity contribution in [3.63, 3.8) is 0 Å². The summed E-state index contributed by atoms with van der Waals surface area (Å²) >= 11 is 0. The van der Waals surface area contributed by atoms with E-state index in [0.717, 1.165) is 5.56 Å². The third-order valence-electron chi connectivity index (χ3n) is 4.20. The van der Waals surface area contributed by atoms with Gasteiger partial charge in [-0.3, -0.25) is 9.59 Å². The lowest BCUT2D eigenvalue weighted by atomic mass is 10.0. The second-order valence-corrected chi connectivity index (χ2v) is 6.04. The molecule has 0 spiro atoms. The quantitative estimate of drug-likeness (QED) is 0.453. The van der Waals surface area contributed by atoms with E-state index < -0.39 is 24.1 Å². The van der Waals surface area contributed by atoms with Crippen LogP contribution >= 0.6 is 0 Å². The second-order valence-electron chi connectivity index (χ2n) is 6.04. The number of hydrogen-bond acceptors (Lipinski definition) is 7. The van der Waals surface area contributed by atoms with Crippen LogP contribution in [-0.4, -0.2) is 24.6 Å². The SMILES string of the molecule is CCOC(=O)C1C=CC(c2coc3cc(OC(C)=O)c(CC)cc3c2=O)O1. The molecule has 0 radical (unpaired) electrons. The number of fused-ring (bicyclic) bond motifs is 1. The van der Waals surface area contributed by atoms with Crippen LogP contribution in [0.5, 0.6) is 5.75 Å². The minimum absolute atomic E-state index is 0.250. The summed E-state index contributed by atoms with van der Waals surface area (Å²) < 4.78 is 21.3. The highest BCUT2D eigenvalue weighted by Gasteiger charge is 2.29. The highest BCUT2D eigenvalue weighted by molar-refractivity contribution is 5.82. The maximum absolute atomic E-state index is 12.9. The number of hydrogen-bond donors (Lipinski definition) is 0. The van der Waals surface area contributed by atoms with Crippen molar-refractivity contribution in [3.05, 3.63) is 51.9 Å². The van der Waals surface area contributed by atoms with E-state index in [0.29, 0.717) is 23.1 Å². The monoisotopic (exact) mass is 372 g/mol. The van der Waals surface area contributed by atoms with E-state index in [1.165, 1.54) is 19.3 Å². The first kappa shape index (κ1) is 18.8. The number of carbonyl (C=O) groups is 2. The number of ether oxygens (including phenoxy) is 3. The minimum Gasteiger partial charge on any atom is -0.464 e. The summed E-state index contributed by atoms with van der Waals surface area (Å²) in [7, 11) is 0. The first-order chi connectivity index (χ1) is 12.9. The zero-order chi connectivity index (χ0) is 19.6. The molecule has 1 aliphatic heterocycles. The van der Waals surface area contributed by atoms with Gasteiger partial charge in [0.05, 0.1) is 17.6 Å². The number of esters is 2. The largest absolute Gasteiger partial charge is 0.464 e. The average Bonchev–Trinajstić information content (AvgIpc) is 3.11. The number of benzene rings is 1. The van der Waals surface area contributed by atoms with Gasteiger partial charge in [-0.15, -0.1) is 0 Å². The van der Waals surface area contributed by atoms with Gasteiger partial charge in [0.1, 0.15) is 23.7 Å². The molecule has 2 heterocycles. The molecule has 1 aliphatic rings. The lowest BCUT2D eigenvalue weighted by Crippen LogP contribution is -2.23. The Morgan fingerprint density at radius 3 is 2.63 bits per heavy atom. The smallest absolute Gasteiger partial charge is 0.339 e. The summed E-state index contributed by atoms with van der Waals surface area (Å²) in [5.74, 6) is -0.578. The van der Waals surface area contributed by atoms with Crippen molar-refractivity contribution >= 4 is 22.9 Å². The molecule has 142 valence electrons. The summed E-state index contributed by atoms with van der Waals surface area (Å²) in [4.78, 5) is 36.0. The Balaban J connectivity index is 1.96. The average molecular weight is 372 g/mol. The van der Waals surface area contributed by atoms with Gasteiger partial charge in [-0.25, -0.2) is 4.79 Å². The highest BCUT2D eigenvalue weighted by Crippen LogP contribution is 2.29. The van der Waals surface area contributed by atoms with E-state index in [1.807, 2.05) is 6.92 Å². The summed E-state index contributed by atoms with van der Waals surface area (Å²) in [5, 5.41) is 0.358. The lowest BCUT2D eigenvalue weighted by molar-refractivity contribution is -0.154. The summed E-state index contributed by atoms with van der Waals surface area (Å²) in [6.07, 6.45) is 3.53. The van der Waals surface area contributed by atoms with Crippen LogP contribution in [-0.2, 0) is 25.5 Å². The Bertz CT molecular complexity index is 970. The third kappa shape index (κ3) is 3.78. The second kappa shape index (κ2) is 7.75. The van der Waals surface area contributed by atoms with E-state index in [9.17, 15) is 14.4 Å². The van der Waals surface area contributed by atoms with Gasteiger partial charge in [0.15, 0.2) is 11.5 Å². The van der Waals surface area contributed by atoms with E-state index in [1.54, 1.807) is 25.1 Å². The number of aryl methyl sites for hydroxylation is 1. The van der Waals surface area contributed by atoms with Crippen LogP contribution in [0.1, 0.15) is 38.0 Å². The Kier molecular flexibility index (Phi) is 5.41.